The van der Waals surface area contributed by atoms with Gasteiger partial charge in [-0.25, -0.2) is 0 Å². The maximum absolute atomic E-state index is 6.22. The second-order valence-electron chi connectivity index (χ2n) is 7.51. The van der Waals surface area contributed by atoms with Crippen molar-refractivity contribution in [1.29, 1.82) is 0 Å². The molecule has 0 spiro atoms. The van der Waals surface area contributed by atoms with Crippen molar-refractivity contribution in [2.45, 2.75) is 45.6 Å². The quantitative estimate of drug-likeness (QED) is 0.459. The summed E-state index contributed by atoms with van der Waals surface area (Å²) in [7, 11) is 0. The molecule has 0 saturated heterocycles. The van der Waals surface area contributed by atoms with Crippen LogP contribution in [0.4, 0.5) is 0 Å². The van der Waals surface area contributed by atoms with E-state index in [9.17, 15) is 0 Å². The fourth-order valence-corrected chi connectivity index (χ4v) is 3.25. The number of rotatable bonds is 11. The topological polar surface area (TPSA) is 56.5 Å². The fourth-order valence-electron chi connectivity index (χ4n) is 3.25. The molecule has 0 bridgehead atoms. The Hall–Kier alpha value is -2.82. The van der Waals surface area contributed by atoms with E-state index in [4.69, 9.17) is 15.2 Å². The summed E-state index contributed by atoms with van der Waals surface area (Å²) in [6, 6.07) is 26.5. The zero-order valence-electron chi connectivity index (χ0n) is 17.9. The van der Waals surface area contributed by atoms with Crippen LogP contribution in [0.1, 0.15) is 43.0 Å². The van der Waals surface area contributed by atoms with Crippen molar-refractivity contribution in [2.24, 2.45) is 5.73 Å². The van der Waals surface area contributed by atoms with Gasteiger partial charge in [0.25, 0.3) is 0 Å². The molecular weight excluding hydrogens is 372 g/mol. The molecule has 158 valence electrons. The summed E-state index contributed by atoms with van der Waals surface area (Å²) in [4.78, 5) is 0. The first-order chi connectivity index (χ1) is 14.7. The Balaban J connectivity index is 1.80. The minimum atomic E-state index is 0.0420. The average Bonchev–Trinajstić information content (AvgIpc) is 2.80. The van der Waals surface area contributed by atoms with Gasteiger partial charge in [-0.05, 0) is 36.6 Å². The summed E-state index contributed by atoms with van der Waals surface area (Å²) < 4.78 is 12.4. The van der Waals surface area contributed by atoms with Crippen molar-refractivity contribution in [1.82, 2.24) is 5.32 Å². The Labute approximate surface area is 180 Å². The normalized spacial score (nSPS) is 12.9. The van der Waals surface area contributed by atoms with Crippen LogP contribution in [0.5, 0.6) is 11.5 Å². The van der Waals surface area contributed by atoms with Crippen LogP contribution < -0.4 is 20.5 Å². The number of benzene rings is 3. The zero-order valence-corrected chi connectivity index (χ0v) is 17.9. The molecule has 3 N–H and O–H groups in total. The van der Waals surface area contributed by atoms with Crippen LogP contribution in [-0.2, 0) is 13.2 Å². The molecule has 4 heteroatoms. The van der Waals surface area contributed by atoms with Gasteiger partial charge >= 0.3 is 0 Å². The van der Waals surface area contributed by atoms with Gasteiger partial charge in [0, 0.05) is 18.6 Å². The Bertz CT molecular complexity index is 822. The second-order valence-corrected chi connectivity index (χ2v) is 7.51. The molecule has 0 saturated carbocycles. The molecule has 0 fully saturated rings. The van der Waals surface area contributed by atoms with Crippen molar-refractivity contribution in [3.8, 4) is 11.5 Å². The minimum absolute atomic E-state index is 0.0420. The second kappa shape index (κ2) is 11.4. The van der Waals surface area contributed by atoms with Crippen LogP contribution in [0.2, 0.25) is 0 Å². The molecule has 0 aromatic heterocycles. The van der Waals surface area contributed by atoms with E-state index in [1.54, 1.807) is 0 Å². The Morgan fingerprint density at radius 3 is 1.73 bits per heavy atom. The molecule has 0 aliphatic rings. The number of hydrogen-bond acceptors (Lipinski definition) is 4. The van der Waals surface area contributed by atoms with Crippen LogP contribution >= 0.6 is 0 Å². The summed E-state index contributed by atoms with van der Waals surface area (Å²) in [6.45, 7) is 5.99. The van der Waals surface area contributed by atoms with Crippen LogP contribution in [0, 0.1) is 0 Å². The SMILES string of the molecule is CCC(N)CNC(C)c1c(OCc2ccccc2)cccc1OCc1ccccc1. The van der Waals surface area contributed by atoms with E-state index in [-0.39, 0.29) is 12.1 Å². The zero-order chi connectivity index (χ0) is 21.2. The lowest BCUT2D eigenvalue weighted by atomic mass is 10.0. The van der Waals surface area contributed by atoms with Crippen molar-refractivity contribution < 1.29 is 9.47 Å². The maximum atomic E-state index is 6.22. The van der Waals surface area contributed by atoms with Crippen molar-refractivity contribution in [3.63, 3.8) is 0 Å². The first-order valence-corrected chi connectivity index (χ1v) is 10.6. The third-order valence-electron chi connectivity index (χ3n) is 5.14. The molecule has 3 rings (SSSR count). The summed E-state index contributed by atoms with van der Waals surface area (Å²) in [5.74, 6) is 1.66. The molecule has 30 heavy (non-hydrogen) atoms. The standard InChI is InChI=1S/C26H32N2O2/c1-3-23(27)17-28-20(2)26-24(29-18-21-11-6-4-7-12-21)15-10-16-25(26)30-19-22-13-8-5-9-14-22/h4-16,20,23,28H,3,17-19,27H2,1-2H3. The van der Waals surface area contributed by atoms with Crippen LogP contribution in [0.15, 0.2) is 78.9 Å². The van der Waals surface area contributed by atoms with Crippen LogP contribution in [0.3, 0.4) is 0 Å². The molecule has 0 aliphatic carbocycles. The van der Waals surface area contributed by atoms with Crippen LogP contribution in [0.25, 0.3) is 0 Å². The summed E-state index contributed by atoms with van der Waals surface area (Å²) in [5, 5.41) is 3.54. The summed E-state index contributed by atoms with van der Waals surface area (Å²) in [5.41, 5.74) is 9.40. The Kier molecular flexibility index (Phi) is 8.30. The van der Waals surface area contributed by atoms with Gasteiger partial charge in [0.2, 0.25) is 0 Å². The highest BCUT2D eigenvalue weighted by Gasteiger charge is 2.18. The number of nitrogens with two attached hydrogens (primary N) is 1. The smallest absolute Gasteiger partial charge is 0.128 e. The lowest BCUT2D eigenvalue weighted by Crippen LogP contribution is -2.34. The molecule has 3 aromatic rings. The van der Waals surface area contributed by atoms with E-state index in [1.807, 2.05) is 54.6 Å². The van der Waals surface area contributed by atoms with Gasteiger partial charge in [0.05, 0.1) is 5.56 Å². The van der Waals surface area contributed by atoms with Gasteiger partial charge in [-0.3, -0.25) is 0 Å². The molecule has 4 nitrogen and oxygen atoms in total. The lowest BCUT2D eigenvalue weighted by molar-refractivity contribution is 0.278. The Morgan fingerprint density at radius 1 is 0.767 bits per heavy atom. The van der Waals surface area contributed by atoms with E-state index >= 15 is 0 Å². The van der Waals surface area contributed by atoms with Crippen LogP contribution in [-0.4, -0.2) is 12.6 Å². The lowest BCUT2D eigenvalue weighted by Gasteiger charge is -2.23. The minimum Gasteiger partial charge on any atom is -0.488 e. The van der Waals surface area contributed by atoms with Gasteiger partial charge in [-0.1, -0.05) is 73.7 Å². The first kappa shape index (κ1) is 21.9. The highest BCUT2D eigenvalue weighted by atomic mass is 16.5. The number of ether oxygens (including phenoxy) is 2. The Morgan fingerprint density at radius 2 is 1.27 bits per heavy atom. The largest absolute Gasteiger partial charge is 0.488 e. The van der Waals surface area contributed by atoms with E-state index in [1.165, 1.54) is 0 Å². The monoisotopic (exact) mass is 404 g/mol. The van der Waals surface area contributed by atoms with E-state index in [2.05, 4.69) is 43.4 Å². The molecule has 2 unspecified atom stereocenters. The predicted molar refractivity (Wildman–Crippen MR) is 123 cm³/mol. The summed E-state index contributed by atoms with van der Waals surface area (Å²) >= 11 is 0. The third kappa shape index (κ3) is 6.34. The molecule has 0 radical (unpaired) electrons. The molecular formula is C26H32N2O2. The molecule has 0 heterocycles. The molecule has 2 atom stereocenters. The van der Waals surface area contributed by atoms with Gasteiger partial charge in [0.1, 0.15) is 24.7 Å². The predicted octanol–water partition coefficient (Wildman–Crippen LogP) is 5.23. The van der Waals surface area contributed by atoms with Gasteiger partial charge in [0.15, 0.2) is 0 Å². The van der Waals surface area contributed by atoms with Crippen molar-refractivity contribution >= 4 is 0 Å². The number of nitrogens with one attached hydrogen (secondary N) is 1. The first-order valence-electron chi connectivity index (χ1n) is 10.6. The van der Waals surface area contributed by atoms with Gasteiger partial charge in [-0.2, -0.15) is 0 Å². The highest BCUT2D eigenvalue weighted by molar-refractivity contribution is 5.47. The molecule has 3 aromatic carbocycles. The average molecular weight is 405 g/mol. The van der Waals surface area contributed by atoms with Gasteiger partial charge < -0.3 is 20.5 Å². The fraction of sp³-hybridized carbons (Fsp3) is 0.308. The molecule has 0 aliphatic heterocycles. The third-order valence-corrected chi connectivity index (χ3v) is 5.14. The maximum Gasteiger partial charge on any atom is 0.128 e. The van der Waals surface area contributed by atoms with Gasteiger partial charge in [-0.15, -0.1) is 0 Å². The highest BCUT2D eigenvalue weighted by Crippen LogP contribution is 2.35. The van der Waals surface area contributed by atoms with E-state index in [0.29, 0.717) is 13.2 Å². The van der Waals surface area contributed by atoms with Crippen molar-refractivity contribution in [2.75, 3.05) is 6.54 Å². The van der Waals surface area contributed by atoms with E-state index < -0.39 is 0 Å². The summed E-state index contributed by atoms with van der Waals surface area (Å²) in [6.07, 6.45) is 0.934. The molecule has 0 amide bonds. The number of hydrogen-bond donors (Lipinski definition) is 2. The van der Waals surface area contributed by atoms with E-state index in [0.717, 1.165) is 41.2 Å². The van der Waals surface area contributed by atoms with Crippen molar-refractivity contribution in [3.05, 3.63) is 95.6 Å².